The molecule has 1 aliphatic carbocycles. The summed E-state index contributed by atoms with van der Waals surface area (Å²) in [6.45, 7) is 0.544. The number of allylic oxidation sites excluding steroid dienone is 2. The molecule has 0 spiro atoms. The first-order valence-corrected chi connectivity index (χ1v) is 7.19. The minimum Gasteiger partial charge on any atom is -0.481 e. The number of fused-ring (bicyclic) bond motifs is 1. The van der Waals surface area contributed by atoms with Crippen molar-refractivity contribution >= 4 is 11.9 Å². The minimum absolute atomic E-state index is 0.208. The van der Waals surface area contributed by atoms with Gasteiger partial charge in [0.1, 0.15) is 0 Å². The Morgan fingerprint density at radius 2 is 1.86 bits per heavy atom. The number of hydrogen-bond donors (Lipinski definition) is 2. The van der Waals surface area contributed by atoms with Gasteiger partial charge in [-0.2, -0.15) is 0 Å². The number of aliphatic carboxylic acids is 1. The van der Waals surface area contributed by atoms with Gasteiger partial charge in [0.15, 0.2) is 11.5 Å². The molecule has 1 aromatic rings. The van der Waals surface area contributed by atoms with Crippen molar-refractivity contribution in [1.29, 1.82) is 0 Å². The van der Waals surface area contributed by atoms with Crippen molar-refractivity contribution in [2.45, 2.75) is 19.4 Å². The number of amides is 1. The summed E-state index contributed by atoms with van der Waals surface area (Å²) >= 11 is 0. The highest BCUT2D eigenvalue weighted by atomic mass is 16.7. The summed E-state index contributed by atoms with van der Waals surface area (Å²) in [5.74, 6) is -0.963. The fourth-order valence-electron chi connectivity index (χ4n) is 2.75. The van der Waals surface area contributed by atoms with E-state index in [1.165, 1.54) is 0 Å². The van der Waals surface area contributed by atoms with Crippen LogP contribution in [0.1, 0.15) is 18.4 Å². The van der Waals surface area contributed by atoms with Crippen molar-refractivity contribution in [2.24, 2.45) is 11.8 Å². The molecule has 1 amide bonds. The normalized spacial score (nSPS) is 22.4. The monoisotopic (exact) mass is 303 g/mol. The molecule has 0 unspecified atom stereocenters. The molecule has 0 bridgehead atoms. The molecule has 0 saturated carbocycles. The highest BCUT2D eigenvalue weighted by Gasteiger charge is 2.33. The van der Waals surface area contributed by atoms with Crippen molar-refractivity contribution in [3.8, 4) is 11.5 Å². The summed E-state index contributed by atoms with van der Waals surface area (Å²) in [5.41, 5.74) is 0.885. The van der Waals surface area contributed by atoms with E-state index in [-0.39, 0.29) is 12.7 Å². The Hall–Kier alpha value is -2.50. The van der Waals surface area contributed by atoms with E-state index in [1.54, 1.807) is 6.07 Å². The molecule has 3 rings (SSSR count). The Labute approximate surface area is 127 Å². The molecule has 2 N–H and O–H groups in total. The molecule has 22 heavy (non-hydrogen) atoms. The van der Waals surface area contributed by atoms with Gasteiger partial charge in [-0.05, 0) is 30.5 Å². The van der Waals surface area contributed by atoms with Gasteiger partial charge in [-0.25, -0.2) is 0 Å². The van der Waals surface area contributed by atoms with Gasteiger partial charge in [0.2, 0.25) is 12.7 Å². The van der Waals surface area contributed by atoms with Crippen molar-refractivity contribution in [1.82, 2.24) is 5.32 Å². The maximum absolute atomic E-state index is 12.3. The molecule has 0 saturated heterocycles. The Kier molecular flexibility index (Phi) is 4.00. The summed E-state index contributed by atoms with van der Waals surface area (Å²) < 4.78 is 10.5. The van der Waals surface area contributed by atoms with Crippen LogP contribution in [0.15, 0.2) is 30.4 Å². The Bertz CT molecular complexity index is 625. The zero-order chi connectivity index (χ0) is 15.5. The Morgan fingerprint density at radius 3 is 2.64 bits per heavy atom. The van der Waals surface area contributed by atoms with Crippen LogP contribution in [-0.4, -0.2) is 23.8 Å². The van der Waals surface area contributed by atoms with Crippen molar-refractivity contribution in [3.63, 3.8) is 0 Å². The molecule has 1 aliphatic heterocycles. The Morgan fingerprint density at radius 1 is 1.14 bits per heavy atom. The highest BCUT2D eigenvalue weighted by molar-refractivity contribution is 5.85. The van der Waals surface area contributed by atoms with E-state index in [2.05, 4.69) is 5.32 Å². The molecule has 6 nitrogen and oxygen atoms in total. The molecule has 2 atom stereocenters. The summed E-state index contributed by atoms with van der Waals surface area (Å²) in [5, 5.41) is 12.0. The van der Waals surface area contributed by atoms with Crippen LogP contribution in [0.2, 0.25) is 0 Å². The van der Waals surface area contributed by atoms with E-state index < -0.39 is 17.8 Å². The topological polar surface area (TPSA) is 84.9 Å². The van der Waals surface area contributed by atoms with E-state index in [9.17, 15) is 14.7 Å². The first-order valence-electron chi connectivity index (χ1n) is 7.19. The van der Waals surface area contributed by atoms with Gasteiger partial charge < -0.3 is 19.9 Å². The van der Waals surface area contributed by atoms with Crippen LogP contribution in [0.5, 0.6) is 11.5 Å². The number of ether oxygens (including phenoxy) is 2. The van der Waals surface area contributed by atoms with Gasteiger partial charge in [-0.1, -0.05) is 18.2 Å². The molecule has 0 aromatic heterocycles. The molecule has 2 aliphatic rings. The molecule has 0 fully saturated rings. The first-order chi connectivity index (χ1) is 10.6. The number of carboxylic acid groups (broad SMARTS) is 1. The van der Waals surface area contributed by atoms with Gasteiger partial charge in [0.25, 0.3) is 0 Å². The fraction of sp³-hybridized carbons (Fsp3) is 0.375. The predicted molar refractivity (Wildman–Crippen MR) is 77.4 cm³/mol. The molecule has 116 valence electrons. The smallest absolute Gasteiger partial charge is 0.307 e. The van der Waals surface area contributed by atoms with E-state index in [1.807, 2.05) is 24.3 Å². The van der Waals surface area contributed by atoms with Crippen LogP contribution in [0, 0.1) is 11.8 Å². The number of carboxylic acids is 1. The van der Waals surface area contributed by atoms with E-state index in [4.69, 9.17) is 9.47 Å². The Balaban J connectivity index is 1.62. The van der Waals surface area contributed by atoms with E-state index in [0.717, 1.165) is 5.56 Å². The van der Waals surface area contributed by atoms with Crippen LogP contribution < -0.4 is 14.8 Å². The summed E-state index contributed by atoms with van der Waals surface area (Å²) in [7, 11) is 0. The molecular weight excluding hydrogens is 286 g/mol. The van der Waals surface area contributed by atoms with E-state index in [0.29, 0.717) is 30.9 Å². The number of hydrogen-bond acceptors (Lipinski definition) is 4. The van der Waals surface area contributed by atoms with Gasteiger partial charge in [0.05, 0.1) is 11.8 Å². The molecule has 0 radical (unpaired) electrons. The molecule has 6 heteroatoms. The minimum atomic E-state index is -0.924. The maximum atomic E-state index is 12.3. The van der Waals surface area contributed by atoms with Crippen LogP contribution in [0.25, 0.3) is 0 Å². The lowest BCUT2D eigenvalue weighted by atomic mass is 9.82. The van der Waals surface area contributed by atoms with Gasteiger partial charge in [-0.15, -0.1) is 0 Å². The summed E-state index contributed by atoms with van der Waals surface area (Å²) in [6.07, 6.45) is 4.55. The zero-order valence-corrected chi connectivity index (χ0v) is 12.0. The second kappa shape index (κ2) is 6.09. The van der Waals surface area contributed by atoms with Crippen molar-refractivity contribution < 1.29 is 24.2 Å². The number of benzene rings is 1. The van der Waals surface area contributed by atoms with Crippen LogP contribution >= 0.6 is 0 Å². The lowest BCUT2D eigenvalue weighted by Crippen LogP contribution is -2.38. The van der Waals surface area contributed by atoms with Crippen LogP contribution in [0.4, 0.5) is 0 Å². The highest BCUT2D eigenvalue weighted by Crippen LogP contribution is 2.32. The number of rotatable bonds is 4. The number of nitrogens with one attached hydrogen (secondary N) is 1. The quantitative estimate of drug-likeness (QED) is 0.827. The van der Waals surface area contributed by atoms with Gasteiger partial charge in [0, 0.05) is 6.54 Å². The third-order valence-electron chi connectivity index (χ3n) is 3.99. The first kappa shape index (κ1) is 14.4. The molecule has 1 heterocycles. The van der Waals surface area contributed by atoms with Crippen LogP contribution in [-0.2, 0) is 16.1 Å². The number of carbonyl (C=O) groups is 2. The lowest BCUT2D eigenvalue weighted by molar-refractivity contribution is -0.147. The fourth-order valence-corrected chi connectivity index (χ4v) is 2.75. The van der Waals surface area contributed by atoms with Crippen molar-refractivity contribution in [2.75, 3.05) is 6.79 Å². The summed E-state index contributed by atoms with van der Waals surface area (Å²) in [6, 6.07) is 5.47. The maximum Gasteiger partial charge on any atom is 0.307 e. The average molecular weight is 303 g/mol. The van der Waals surface area contributed by atoms with Gasteiger partial charge >= 0.3 is 5.97 Å². The third kappa shape index (κ3) is 2.90. The standard InChI is InChI=1S/C16H17NO5/c18-15(11-3-1-2-4-12(11)16(19)20)17-8-10-5-6-13-14(7-10)22-9-21-13/h1-2,5-7,11-12H,3-4,8-9H2,(H,17,18)(H,19,20)/t11-,12-/m0/s1. The summed E-state index contributed by atoms with van der Waals surface area (Å²) in [4.78, 5) is 23.5. The largest absolute Gasteiger partial charge is 0.481 e. The SMILES string of the molecule is O=C(O)[C@H]1CC=CC[C@@H]1C(=O)NCc1ccc2c(c1)OCO2. The second-order valence-electron chi connectivity index (χ2n) is 5.40. The third-order valence-corrected chi connectivity index (χ3v) is 3.99. The molecular formula is C16H17NO5. The molecule has 1 aromatic carbocycles. The second-order valence-corrected chi connectivity index (χ2v) is 5.40. The predicted octanol–water partition coefficient (Wildman–Crippen LogP) is 1.70. The van der Waals surface area contributed by atoms with Crippen LogP contribution in [0.3, 0.4) is 0 Å². The zero-order valence-electron chi connectivity index (χ0n) is 12.0. The van der Waals surface area contributed by atoms with E-state index >= 15 is 0 Å². The number of carbonyl (C=O) groups excluding carboxylic acids is 1. The lowest BCUT2D eigenvalue weighted by Gasteiger charge is -2.24. The van der Waals surface area contributed by atoms with Gasteiger partial charge in [-0.3, -0.25) is 9.59 Å². The average Bonchev–Trinajstić information content (AvgIpc) is 3.00. The van der Waals surface area contributed by atoms with Crippen molar-refractivity contribution in [3.05, 3.63) is 35.9 Å².